The summed E-state index contributed by atoms with van der Waals surface area (Å²) in [5.74, 6) is -0.678. The van der Waals surface area contributed by atoms with Crippen molar-refractivity contribution >= 4 is 11.6 Å². The highest BCUT2D eigenvalue weighted by atomic mass is 16.3. The summed E-state index contributed by atoms with van der Waals surface area (Å²) in [5.41, 5.74) is 5.73. The Kier molecular flexibility index (Phi) is 4.13. The SMILES string of the molecule is CCC(O)CNC(=O)c1cccc(N)c1O. The van der Waals surface area contributed by atoms with Gasteiger partial charge in [0.1, 0.15) is 0 Å². The lowest BCUT2D eigenvalue weighted by Crippen LogP contribution is -2.31. The van der Waals surface area contributed by atoms with Crippen LogP contribution in [0, 0.1) is 0 Å². The van der Waals surface area contributed by atoms with E-state index in [1.165, 1.54) is 12.1 Å². The molecule has 1 amide bonds. The first kappa shape index (κ1) is 12.3. The Hall–Kier alpha value is -1.75. The fourth-order valence-corrected chi connectivity index (χ4v) is 1.19. The number of rotatable bonds is 4. The predicted octanol–water partition coefficient (Wildman–Crippen LogP) is 0.475. The van der Waals surface area contributed by atoms with E-state index in [2.05, 4.69) is 5.32 Å². The Balaban J connectivity index is 2.70. The summed E-state index contributed by atoms with van der Waals surface area (Å²) in [6.45, 7) is 1.97. The van der Waals surface area contributed by atoms with Gasteiger partial charge in [0, 0.05) is 6.54 Å². The van der Waals surface area contributed by atoms with Crippen LogP contribution in [0.1, 0.15) is 23.7 Å². The largest absolute Gasteiger partial charge is 0.505 e. The van der Waals surface area contributed by atoms with Gasteiger partial charge in [-0.25, -0.2) is 0 Å². The summed E-state index contributed by atoms with van der Waals surface area (Å²) >= 11 is 0. The van der Waals surface area contributed by atoms with E-state index >= 15 is 0 Å². The van der Waals surface area contributed by atoms with E-state index in [0.717, 1.165) is 0 Å². The molecule has 1 unspecified atom stereocenters. The Bertz CT molecular complexity index is 379. The third-order valence-corrected chi connectivity index (χ3v) is 2.28. The smallest absolute Gasteiger partial charge is 0.255 e. The number of carbonyl (C=O) groups excluding carboxylic acids is 1. The zero-order chi connectivity index (χ0) is 12.1. The molecule has 1 aromatic carbocycles. The first-order valence-electron chi connectivity index (χ1n) is 5.10. The standard InChI is InChI=1S/C11H16N2O3/c1-2-7(14)6-13-11(16)8-4-3-5-9(12)10(8)15/h3-5,7,14-15H,2,6,12H2,1H3,(H,13,16). The number of amides is 1. The molecule has 1 aromatic rings. The third-order valence-electron chi connectivity index (χ3n) is 2.28. The van der Waals surface area contributed by atoms with Gasteiger partial charge < -0.3 is 21.3 Å². The second-order valence-corrected chi connectivity index (χ2v) is 3.52. The van der Waals surface area contributed by atoms with Crippen LogP contribution in [0.4, 0.5) is 5.69 Å². The number of carbonyl (C=O) groups is 1. The Morgan fingerprint density at radius 1 is 1.56 bits per heavy atom. The van der Waals surface area contributed by atoms with E-state index in [-0.39, 0.29) is 23.5 Å². The molecule has 0 aliphatic rings. The summed E-state index contributed by atoms with van der Waals surface area (Å²) in [7, 11) is 0. The van der Waals surface area contributed by atoms with Crippen LogP contribution in [0.25, 0.3) is 0 Å². The van der Waals surface area contributed by atoms with Crippen LogP contribution >= 0.6 is 0 Å². The molecule has 0 aromatic heterocycles. The normalized spacial score (nSPS) is 12.1. The first-order valence-corrected chi connectivity index (χ1v) is 5.10. The number of phenolic OH excluding ortho intramolecular Hbond substituents is 1. The van der Waals surface area contributed by atoms with Crippen LogP contribution in [-0.4, -0.2) is 28.8 Å². The minimum atomic E-state index is -0.577. The number of aromatic hydroxyl groups is 1. The van der Waals surface area contributed by atoms with Crippen molar-refractivity contribution in [2.75, 3.05) is 12.3 Å². The van der Waals surface area contributed by atoms with Crippen molar-refractivity contribution in [3.05, 3.63) is 23.8 Å². The van der Waals surface area contributed by atoms with E-state index in [1.54, 1.807) is 6.07 Å². The predicted molar refractivity (Wildman–Crippen MR) is 61.2 cm³/mol. The van der Waals surface area contributed by atoms with E-state index < -0.39 is 12.0 Å². The number of aliphatic hydroxyl groups excluding tert-OH is 1. The van der Waals surface area contributed by atoms with Crippen molar-refractivity contribution < 1.29 is 15.0 Å². The molecular weight excluding hydrogens is 208 g/mol. The topological polar surface area (TPSA) is 95.6 Å². The van der Waals surface area contributed by atoms with Gasteiger partial charge >= 0.3 is 0 Å². The zero-order valence-electron chi connectivity index (χ0n) is 9.10. The van der Waals surface area contributed by atoms with E-state index in [1.807, 2.05) is 6.92 Å². The Morgan fingerprint density at radius 3 is 2.88 bits per heavy atom. The van der Waals surface area contributed by atoms with Gasteiger partial charge in [0.05, 0.1) is 17.4 Å². The highest BCUT2D eigenvalue weighted by molar-refractivity contribution is 5.98. The van der Waals surface area contributed by atoms with Crippen LogP contribution in [0.2, 0.25) is 0 Å². The van der Waals surface area contributed by atoms with Gasteiger partial charge in [-0.05, 0) is 18.6 Å². The molecule has 5 nitrogen and oxygen atoms in total. The second kappa shape index (κ2) is 5.37. The number of nitrogens with two attached hydrogens (primary N) is 1. The van der Waals surface area contributed by atoms with Crippen molar-refractivity contribution in [2.24, 2.45) is 0 Å². The van der Waals surface area contributed by atoms with Crippen molar-refractivity contribution in [3.63, 3.8) is 0 Å². The minimum Gasteiger partial charge on any atom is -0.505 e. The number of benzene rings is 1. The van der Waals surface area contributed by atoms with Crippen molar-refractivity contribution in [1.29, 1.82) is 0 Å². The van der Waals surface area contributed by atoms with Crippen molar-refractivity contribution in [2.45, 2.75) is 19.4 Å². The summed E-state index contributed by atoms with van der Waals surface area (Å²) in [5, 5.41) is 21.3. The number of aliphatic hydroxyl groups is 1. The van der Waals surface area contributed by atoms with Gasteiger partial charge in [0.2, 0.25) is 0 Å². The number of para-hydroxylation sites is 1. The van der Waals surface area contributed by atoms with Crippen LogP contribution in [0.15, 0.2) is 18.2 Å². The molecule has 1 rings (SSSR count). The Morgan fingerprint density at radius 2 is 2.25 bits per heavy atom. The highest BCUT2D eigenvalue weighted by Crippen LogP contribution is 2.23. The number of phenols is 1. The number of hydrogen-bond donors (Lipinski definition) is 4. The van der Waals surface area contributed by atoms with E-state index in [0.29, 0.717) is 6.42 Å². The minimum absolute atomic E-state index is 0.114. The van der Waals surface area contributed by atoms with Crippen LogP contribution in [0.5, 0.6) is 5.75 Å². The van der Waals surface area contributed by atoms with Crippen LogP contribution < -0.4 is 11.1 Å². The highest BCUT2D eigenvalue weighted by Gasteiger charge is 2.13. The fourth-order valence-electron chi connectivity index (χ4n) is 1.19. The maximum absolute atomic E-state index is 11.6. The van der Waals surface area contributed by atoms with Gasteiger partial charge in [-0.15, -0.1) is 0 Å². The summed E-state index contributed by atoms with van der Waals surface area (Å²) in [6.07, 6.45) is -0.0180. The molecule has 0 saturated heterocycles. The van der Waals surface area contributed by atoms with Gasteiger partial charge in [-0.1, -0.05) is 13.0 Å². The number of nitrogen functional groups attached to an aromatic ring is 1. The molecule has 0 bridgehead atoms. The zero-order valence-corrected chi connectivity index (χ0v) is 9.10. The van der Waals surface area contributed by atoms with Gasteiger partial charge in [0.15, 0.2) is 5.75 Å². The Labute approximate surface area is 93.9 Å². The lowest BCUT2D eigenvalue weighted by molar-refractivity contribution is 0.0911. The molecule has 0 spiro atoms. The average Bonchev–Trinajstić information content (AvgIpc) is 2.29. The molecule has 0 fully saturated rings. The van der Waals surface area contributed by atoms with Crippen LogP contribution in [-0.2, 0) is 0 Å². The number of nitrogens with one attached hydrogen (secondary N) is 1. The first-order chi connectivity index (χ1) is 7.56. The molecule has 5 heteroatoms. The molecule has 0 aliphatic carbocycles. The molecule has 0 radical (unpaired) electrons. The fraction of sp³-hybridized carbons (Fsp3) is 0.364. The maximum Gasteiger partial charge on any atom is 0.255 e. The molecule has 5 N–H and O–H groups in total. The summed E-state index contributed by atoms with van der Waals surface area (Å²) in [4.78, 5) is 11.6. The van der Waals surface area contributed by atoms with Crippen LogP contribution in [0.3, 0.4) is 0 Å². The monoisotopic (exact) mass is 224 g/mol. The number of hydrogen-bond acceptors (Lipinski definition) is 4. The molecule has 0 aliphatic heterocycles. The molecular formula is C11H16N2O3. The van der Waals surface area contributed by atoms with Crippen molar-refractivity contribution in [1.82, 2.24) is 5.32 Å². The van der Waals surface area contributed by atoms with Gasteiger partial charge in [0.25, 0.3) is 5.91 Å². The third kappa shape index (κ3) is 2.87. The van der Waals surface area contributed by atoms with E-state index in [4.69, 9.17) is 5.73 Å². The molecule has 88 valence electrons. The molecule has 16 heavy (non-hydrogen) atoms. The molecule has 1 atom stereocenters. The molecule has 0 saturated carbocycles. The maximum atomic E-state index is 11.6. The van der Waals surface area contributed by atoms with Crippen molar-refractivity contribution in [3.8, 4) is 5.75 Å². The second-order valence-electron chi connectivity index (χ2n) is 3.52. The quantitative estimate of drug-likeness (QED) is 0.441. The lowest BCUT2D eigenvalue weighted by Gasteiger charge is -2.10. The lowest BCUT2D eigenvalue weighted by atomic mass is 10.1. The molecule has 0 heterocycles. The summed E-state index contributed by atoms with van der Waals surface area (Å²) in [6, 6.07) is 4.56. The average molecular weight is 224 g/mol. The number of anilines is 1. The summed E-state index contributed by atoms with van der Waals surface area (Å²) < 4.78 is 0. The van der Waals surface area contributed by atoms with E-state index in [9.17, 15) is 15.0 Å². The van der Waals surface area contributed by atoms with Gasteiger partial charge in [-0.2, -0.15) is 0 Å². The van der Waals surface area contributed by atoms with Gasteiger partial charge in [-0.3, -0.25) is 4.79 Å².